The molecular formula is C19H24N2O4S. The molecule has 0 fully saturated rings. The fourth-order valence-electron chi connectivity index (χ4n) is 2.02. The fourth-order valence-corrected chi connectivity index (χ4v) is 2.81. The van der Waals surface area contributed by atoms with Crippen LogP contribution in [0.3, 0.4) is 0 Å². The Bertz CT molecular complexity index is 814. The van der Waals surface area contributed by atoms with E-state index in [1.807, 2.05) is 31.2 Å². The number of hydrazone groups is 1. The molecule has 0 unspecified atom stereocenters. The number of nitrogens with zero attached hydrogens (tertiary/aromatic N) is 1. The molecule has 0 aliphatic carbocycles. The molecule has 0 amide bonds. The molecule has 0 aromatic heterocycles. The quantitative estimate of drug-likeness (QED) is 0.537. The van der Waals surface area contributed by atoms with Gasteiger partial charge in [-0.1, -0.05) is 13.8 Å². The summed E-state index contributed by atoms with van der Waals surface area (Å²) >= 11 is 0. The summed E-state index contributed by atoms with van der Waals surface area (Å²) in [6.07, 6.45) is 1.44. The highest BCUT2D eigenvalue weighted by Crippen LogP contribution is 2.16. The van der Waals surface area contributed by atoms with Crippen LogP contribution in [0.25, 0.3) is 0 Å². The third-order valence-corrected chi connectivity index (χ3v) is 4.53. The van der Waals surface area contributed by atoms with Gasteiger partial charge in [0.15, 0.2) is 0 Å². The minimum Gasteiger partial charge on any atom is -0.494 e. The molecule has 6 nitrogen and oxygen atoms in total. The van der Waals surface area contributed by atoms with Gasteiger partial charge in [0, 0.05) is 0 Å². The van der Waals surface area contributed by atoms with Gasteiger partial charge < -0.3 is 9.47 Å². The SMILES string of the molecule is CCOc1ccc(S(=O)(=O)N/N=C/c2ccc(OCC(C)C)cc2)cc1. The fraction of sp³-hybridized carbons (Fsp3) is 0.316. The zero-order valence-corrected chi connectivity index (χ0v) is 16.0. The third-order valence-electron chi connectivity index (χ3n) is 3.29. The van der Waals surface area contributed by atoms with Crippen LogP contribution in [0.4, 0.5) is 0 Å². The monoisotopic (exact) mass is 376 g/mol. The summed E-state index contributed by atoms with van der Waals surface area (Å²) in [5, 5.41) is 3.82. The molecule has 0 aliphatic rings. The van der Waals surface area contributed by atoms with Crippen molar-refractivity contribution in [2.45, 2.75) is 25.7 Å². The van der Waals surface area contributed by atoms with E-state index in [2.05, 4.69) is 23.8 Å². The Kier molecular flexibility index (Phi) is 7.03. The molecule has 2 aromatic rings. The van der Waals surface area contributed by atoms with E-state index in [-0.39, 0.29) is 4.90 Å². The maximum Gasteiger partial charge on any atom is 0.276 e. The average Bonchev–Trinajstić information content (AvgIpc) is 2.61. The zero-order valence-electron chi connectivity index (χ0n) is 15.2. The van der Waals surface area contributed by atoms with E-state index in [0.29, 0.717) is 24.9 Å². The van der Waals surface area contributed by atoms with E-state index in [0.717, 1.165) is 11.3 Å². The van der Waals surface area contributed by atoms with Crippen LogP contribution in [-0.2, 0) is 10.0 Å². The first-order chi connectivity index (χ1) is 12.4. The molecule has 0 saturated heterocycles. The van der Waals surface area contributed by atoms with Gasteiger partial charge in [-0.25, -0.2) is 4.83 Å². The lowest BCUT2D eigenvalue weighted by Gasteiger charge is -2.08. The predicted octanol–water partition coefficient (Wildman–Crippen LogP) is 3.43. The maximum absolute atomic E-state index is 12.2. The highest BCUT2D eigenvalue weighted by atomic mass is 32.2. The van der Waals surface area contributed by atoms with Crippen LogP contribution in [0.2, 0.25) is 0 Å². The number of rotatable bonds is 9. The van der Waals surface area contributed by atoms with Crippen molar-refractivity contribution in [3.63, 3.8) is 0 Å². The van der Waals surface area contributed by atoms with Gasteiger partial charge in [-0.15, -0.1) is 0 Å². The van der Waals surface area contributed by atoms with Crippen molar-refractivity contribution >= 4 is 16.2 Å². The lowest BCUT2D eigenvalue weighted by molar-refractivity contribution is 0.271. The topological polar surface area (TPSA) is 77.0 Å². The first-order valence-corrected chi connectivity index (χ1v) is 9.89. The van der Waals surface area contributed by atoms with E-state index in [9.17, 15) is 8.42 Å². The van der Waals surface area contributed by atoms with E-state index in [4.69, 9.17) is 9.47 Å². The Morgan fingerprint density at radius 2 is 1.58 bits per heavy atom. The molecule has 2 aromatic carbocycles. The van der Waals surface area contributed by atoms with Crippen molar-refractivity contribution < 1.29 is 17.9 Å². The molecule has 0 atom stereocenters. The summed E-state index contributed by atoms with van der Waals surface area (Å²) < 4.78 is 35.3. The van der Waals surface area contributed by atoms with Crippen LogP contribution in [0.5, 0.6) is 11.5 Å². The molecular weight excluding hydrogens is 352 g/mol. The summed E-state index contributed by atoms with van der Waals surface area (Å²) in [5.74, 6) is 1.84. The Morgan fingerprint density at radius 1 is 1.00 bits per heavy atom. The molecule has 26 heavy (non-hydrogen) atoms. The highest BCUT2D eigenvalue weighted by molar-refractivity contribution is 7.89. The van der Waals surface area contributed by atoms with Crippen LogP contribution < -0.4 is 14.3 Å². The molecule has 0 saturated carbocycles. The first-order valence-electron chi connectivity index (χ1n) is 8.41. The van der Waals surface area contributed by atoms with E-state index >= 15 is 0 Å². The summed E-state index contributed by atoms with van der Waals surface area (Å²) in [6, 6.07) is 13.4. The summed E-state index contributed by atoms with van der Waals surface area (Å²) in [4.78, 5) is 2.32. The second-order valence-electron chi connectivity index (χ2n) is 6.03. The van der Waals surface area contributed by atoms with Crippen molar-refractivity contribution in [2.24, 2.45) is 11.0 Å². The first kappa shape index (κ1) is 19.8. The van der Waals surface area contributed by atoms with E-state index in [1.165, 1.54) is 18.3 Å². The lowest BCUT2D eigenvalue weighted by atomic mass is 10.2. The second-order valence-corrected chi connectivity index (χ2v) is 7.69. The molecule has 0 radical (unpaired) electrons. The van der Waals surface area contributed by atoms with Crippen LogP contribution in [0.15, 0.2) is 58.5 Å². The van der Waals surface area contributed by atoms with Gasteiger partial charge >= 0.3 is 0 Å². The Labute approximate surface area is 154 Å². The van der Waals surface area contributed by atoms with Gasteiger partial charge in [-0.05, 0) is 66.9 Å². The minimum atomic E-state index is -3.72. The van der Waals surface area contributed by atoms with Crippen molar-refractivity contribution in [1.29, 1.82) is 0 Å². The number of ether oxygens (including phenoxy) is 2. The van der Waals surface area contributed by atoms with Crippen LogP contribution in [0, 0.1) is 5.92 Å². The van der Waals surface area contributed by atoms with Gasteiger partial charge in [0.1, 0.15) is 11.5 Å². The average molecular weight is 376 g/mol. The molecule has 140 valence electrons. The van der Waals surface area contributed by atoms with Crippen molar-refractivity contribution in [2.75, 3.05) is 13.2 Å². The Hall–Kier alpha value is -2.54. The normalized spacial score (nSPS) is 11.7. The molecule has 7 heteroatoms. The number of hydrogen-bond acceptors (Lipinski definition) is 5. The molecule has 1 N–H and O–H groups in total. The molecule has 0 aliphatic heterocycles. The predicted molar refractivity (Wildman–Crippen MR) is 102 cm³/mol. The number of nitrogens with one attached hydrogen (secondary N) is 1. The summed E-state index contributed by atoms with van der Waals surface area (Å²) in [7, 11) is -3.72. The van der Waals surface area contributed by atoms with Gasteiger partial charge in [0.2, 0.25) is 0 Å². The Morgan fingerprint density at radius 3 is 2.15 bits per heavy atom. The molecule has 0 bridgehead atoms. The van der Waals surface area contributed by atoms with Crippen LogP contribution >= 0.6 is 0 Å². The van der Waals surface area contributed by atoms with Gasteiger partial charge in [0.25, 0.3) is 10.0 Å². The number of sulfonamides is 1. The highest BCUT2D eigenvalue weighted by Gasteiger charge is 2.12. The second kappa shape index (κ2) is 9.24. The van der Waals surface area contributed by atoms with Gasteiger partial charge in [-0.3, -0.25) is 0 Å². The van der Waals surface area contributed by atoms with Crippen LogP contribution in [-0.4, -0.2) is 27.8 Å². The molecule has 0 heterocycles. The standard InChI is InChI=1S/C19H24N2O4S/c1-4-24-17-9-11-19(12-10-17)26(22,23)21-20-13-16-5-7-18(8-6-16)25-14-15(2)3/h5-13,15,21H,4,14H2,1-3H3/b20-13+. The van der Waals surface area contributed by atoms with Crippen molar-refractivity contribution in [3.05, 3.63) is 54.1 Å². The largest absolute Gasteiger partial charge is 0.494 e. The lowest BCUT2D eigenvalue weighted by Crippen LogP contribution is -2.18. The van der Waals surface area contributed by atoms with Crippen molar-refractivity contribution in [1.82, 2.24) is 4.83 Å². The molecule has 0 spiro atoms. The Balaban J connectivity index is 1.95. The van der Waals surface area contributed by atoms with Gasteiger partial charge in [0.05, 0.1) is 24.3 Å². The smallest absolute Gasteiger partial charge is 0.276 e. The molecule has 2 rings (SSSR count). The van der Waals surface area contributed by atoms with Gasteiger partial charge in [-0.2, -0.15) is 13.5 Å². The third kappa shape index (κ3) is 6.07. The van der Waals surface area contributed by atoms with E-state index in [1.54, 1.807) is 12.1 Å². The maximum atomic E-state index is 12.2. The van der Waals surface area contributed by atoms with E-state index < -0.39 is 10.0 Å². The number of hydrogen-bond donors (Lipinski definition) is 1. The number of benzene rings is 2. The summed E-state index contributed by atoms with van der Waals surface area (Å²) in [5.41, 5.74) is 0.760. The minimum absolute atomic E-state index is 0.121. The zero-order chi connectivity index (χ0) is 19.0. The van der Waals surface area contributed by atoms with Crippen LogP contribution in [0.1, 0.15) is 26.3 Å². The summed E-state index contributed by atoms with van der Waals surface area (Å²) in [6.45, 7) is 7.20. The van der Waals surface area contributed by atoms with Crippen molar-refractivity contribution in [3.8, 4) is 11.5 Å².